The van der Waals surface area contributed by atoms with E-state index < -0.39 is 0 Å². The van der Waals surface area contributed by atoms with Crippen LogP contribution in [0.1, 0.15) is 57.9 Å². The smallest absolute Gasteiger partial charge is 0.137 e. The molecule has 0 radical (unpaired) electrons. The minimum Gasteiger partial charge on any atom is -0.495 e. The highest BCUT2D eigenvalue weighted by Gasteiger charge is 2.54. The largest absolute Gasteiger partial charge is 0.495 e. The lowest BCUT2D eigenvalue weighted by molar-refractivity contribution is 0.0716. The van der Waals surface area contributed by atoms with E-state index in [1.807, 2.05) is 6.20 Å². The summed E-state index contributed by atoms with van der Waals surface area (Å²) in [7, 11) is 1.70. The molecule has 0 aliphatic heterocycles. The fourth-order valence-corrected chi connectivity index (χ4v) is 6.74. The Kier molecular flexibility index (Phi) is 4.23. The molecule has 5 rings (SSSR count). The number of allylic oxidation sites excluding steroid dienone is 6. The second-order valence-electron chi connectivity index (χ2n) is 9.62. The van der Waals surface area contributed by atoms with E-state index in [1.165, 1.54) is 36.0 Å². The average molecular weight is 391 g/mol. The molecule has 0 saturated heterocycles. The molecular weight excluding hydrogens is 360 g/mol. The van der Waals surface area contributed by atoms with Gasteiger partial charge in [-0.2, -0.15) is 0 Å². The molecule has 29 heavy (non-hydrogen) atoms. The van der Waals surface area contributed by atoms with Crippen LogP contribution in [0.2, 0.25) is 0 Å². The quantitative estimate of drug-likeness (QED) is 0.513. The van der Waals surface area contributed by atoms with Gasteiger partial charge in [0, 0.05) is 17.2 Å². The number of methoxy groups -OCH3 is 1. The van der Waals surface area contributed by atoms with E-state index in [-0.39, 0.29) is 10.8 Å². The summed E-state index contributed by atoms with van der Waals surface area (Å²) in [6.07, 6.45) is 17.4. The molecule has 2 fully saturated rings. The molecule has 0 spiro atoms. The van der Waals surface area contributed by atoms with E-state index in [0.717, 1.165) is 30.7 Å². The topological polar surface area (TPSA) is 54.7 Å². The fourth-order valence-electron chi connectivity index (χ4n) is 6.74. The van der Waals surface area contributed by atoms with E-state index in [0.29, 0.717) is 11.8 Å². The highest BCUT2D eigenvalue weighted by molar-refractivity contribution is 5.96. The first-order chi connectivity index (χ1) is 14.0. The molecule has 1 aromatic heterocycles. The van der Waals surface area contributed by atoms with Crippen LogP contribution >= 0.6 is 0 Å². The number of oxime groups is 1. The van der Waals surface area contributed by atoms with Gasteiger partial charge in [-0.15, -0.1) is 0 Å². The SMILES string of the molecule is COc1cncc(C2=CC=C3[C@@H]4CCC5=C/C(=N/O)CC[C@]5(C)[C@H]4CC[C@]23C)c1. The third-order valence-electron chi connectivity index (χ3n) is 8.41. The summed E-state index contributed by atoms with van der Waals surface area (Å²) in [5.74, 6) is 2.13. The Hall–Kier alpha value is -2.36. The van der Waals surface area contributed by atoms with Crippen molar-refractivity contribution in [1.29, 1.82) is 0 Å². The van der Waals surface area contributed by atoms with Crippen LogP contribution < -0.4 is 4.74 Å². The van der Waals surface area contributed by atoms with Crippen molar-refractivity contribution < 1.29 is 9.94 Å². The van der Waals surface area contributed by atoms with E-state index in [1.54, 1.807) is 18.9 Å². The molecule has 4 nitrogen and oxygen atoms in total. The van der Waals surface area contributed by atoms with Gasteiger partial charge in [0.2, 0.25) is 0 Å². The summed E-state index contributed by atoms with van der Waals surface area (Å²) in [5, 5.41) is 12.7. The van der Waals surface area contributed by atoms with Crippen LogP contribution in [0.4, 0.5) is 0 Å². The maximum Gasteiger partial charge on any atom is 0.137 e. The third kappa shape index (κ3) is 2.64. The zero-order valence-electron chi connectivity index (χ0n) is 17.6. The molecule has 4 aliphatic carbocycles. The van der Waals surface area contributed by atoms with E-state index >= 15 is 0 Å². The zero-order valence-corrected chi connectivity index (χ0v) is 17.6. The van der Waals surface area contributed by atoms with Crippen molar-refractivity contribution in [2.45, 2.75) is 52.4 Å². The summed E-state index contributed by atoms with van der Waals surface area (Å²) >= 11 is 0. The van der Waals surface area contributed by atoms with Gasteiger partial charge in [-0.05, 0) is 73.5 Å². The van der Waals surface area contributed by atoms with Crippen LogP contribution in [0.5, 0.6) is 5.75 Å². The number of aromatic nitrogens is 1. The van der Waals surface area contributed by atoms with Gasteiger partial charge >= 0.3 is 0 Å². The molecule has 0 bridgehead atoms. The van der Waals surface area contributed by atoms with Crippen LogP contribution in [-0.4, -0.2) is 23.0 Å². The maximum absolute atomic E-state index is 9.24. The lowest BCUT2D eigenvalue weighted by atomic mass is 9.48. The number of pyridine rings is 1. The van der Waals surface area contributed by atoms with Crippen LogP contribution in [0.3, 0.4) is 0 Å². The monoisotopic (exact) mass is 390 g/mol. The van der Waals surface area contributed by atoms with Crippen molar-refractivity contribution >= 4 is 11.3 Å². The summed E-state index contributed by atoms with van der Waals surface area (Å²) in [6.45, 7) is 4.89. The van der Waals surface area contributed by atoms with Crippen LogP contribution in [-0.2, 0) is 0 Å². The number of fused-ring (bicyclic) bond motifs is 5. The average Bonchev–Trinajstić information content (AvgIpc) is 3.10. The van der Waals surface area contributed by atoms with Crippen molar-refractivity contribution in [3.05, 3.63) is 53.4 Å². The number of ether oxygens (including phenoxy) is 1. The van der Waals surface area contributed by atoms with E-state index in [9.17, 15) is 5.21 Å². The van der Waals surface area contributed by atoms with E-state index in [2.05, 4.69) is 48.3 Å². The van der Waals surface area contributed by atoms with Crippen LogP contribution in [0, 0.1) is 22.7 Å². The fraction of sp³-hybridized carbons (Fsp3) is 0.520. The lowest BCUT2D eigenvalue weighted by Gasteiger charge is -2.56. The number of nitrogens with zero attached hydrogens (tertiary/aromatic N) is 2. The molecular formula is C25H30N2O2. The molecule has 4 aliphatic rings. The Balaban J connectivity index is 1.47. The van der Waals surface area contributed by atoms with Gasteiger partial charge in [0.05, 0.1) is 19.0 Å². The zero-order chi connectivity index (χ0) is 20.2. The van der Waals surface area contributed by atoms with Crippen LogP contribution in [0.15, 0.2) is 53.0 Å². The van der Waals surface area contributed by atoms with Gasteiger partial charge in [-0.3, -0.25) is 4.98 Å². The highest BCUT2D eigenvalue weighted by Crippen LogP contribution is 2.65. The Morgan fingerprint density at radius 1 is 1.14 bits per heavy atom. The van der Waals surface area contributed by atoms with Gasteiger partial charge in [0.25, 0.3) is 0 Å². The molecule has 0 aromatic carbocycles. The number of rotatable bonds is 2. The number of hydrogen-bond acceptors (Lipinski definition) is 4. The second-order valence-corrected chi connectivity index (χ2v) is 9.62. The Labute approximate surface area is 173 Å². The molecule has 152 valence electrons. The van der Waals surface area contributed by atoms with E-state index in [4.69, 9.17) is 4.74 Å². The molecule has 2 saturated carbocycles. The van der Waals surface area contributed by atoms with Gasteiger partial charge in [0.15, 0.2) is 0 Å². The lowest BCUT2D eigenvalue weighted by Crippen LogP contribution is -2.47. The van der Waals surface area contributed by atoms with Crippen molar-refractivity contribution in [2.75, 3.05) is 7.11 Å². The molecule has 1 N–H and O–H groups in total. The first-order valence-electron chi connectivity index (χ1n) is 10.8. The molecule has 0 unspecified atom stereocenters. The molecule has 1 heterocycles. The molecule has 1 aromatic rings. The van der Waals surface area contributed by atoms with Gasteiger partial charge in [-0.25, -0.2) is 0 Å². The first-order valence-corrected chi connectivity index (χ1v) is 10.8. The Morgan fingerprint density at radius 2 is 2.00 bits per heavy atom. The summed E-state index contributed by atoms with van der Waals surface area (Å²) in [4.78, 5) is 4.40. The van der Waals surface area contributed by atoms with Crippen molar-refractivity contribution in [2.24, 2.45) is 27.8 Å². The van der Waals surface area contributed by atoms with Crippen molar-refractivity contribution in [3.8, 4) is 5.75 Å². The van der Waals surface area contributed by atoms with Gasteiger partial charge in [-0.1, -0.05) is 42.3 Å². The normalized spacial score (nSPS) is 37.1. The molecule has 4 heteroatoms. The van der Waals surface area contributed by atoms with Crippen molar-refractivity contribution in [3.63, 3.8) is 0 Å². The van der Waals surface area contributed by atoms with Gasteiger partial charge in [0.1, 0.15) is 5.75 Å². The number of hydrogen-bond donors (Lipinski definition) is 1. The maximum atomic E-state index is 9.24. The predicted molar refractivity (Wildman–Crippen MR) is 115 cm³/mol. The summed E-state index contributed by atoms with van der Waals surface area (Å²) in [5.41, 5.74) is 6.88. The van der Waals surface area contributed by atoms with Gasteiger partial charge < -0.3 is 9.94 Å². The summed E-state index contributed by atoms with van der Waals surface area (Å²) < 4.78 is 5.42. The standard InChI is InChI=1S/C25H30N2O2/c1-24-10-8-18(27-28)13-17(24)4-5-20-22-7-6-21(25(22,2)11-9-23(20)24)16-12-19(29-3)15-26-14-16/h6-7,12-15,20,23,28H,4-5,8-11H2,1-3H3/b27-18+/t20-,23-,24-,25+/m0/s1. The Bertz CT molecular complexity index is 973. The molecule has 4 atom stereocenters. The predicted octanol–water partition coefficient (Wildman–Crippen LogP) is 5.80. The minimum absolute atomic E-state index is 0.0964. The first kappa shape index (κ1) is 18.7. The summed E-state index contributed by atoms with van der Waals surface area (Å²) in [6, 6.07) is 2.12. The minimum atomic E-state index is 0.0964. The highest BCUT2D eigenvalue weighted by atomic mass is 16.5. The van der Waals surface area contributed by atoms with Crippen LogP contribution in [0.25, 0.3) is 5.57 Å². The van der Waals surface area contributed by atoms with Crippen molar-refractivity contribution in [1.82, 2.24) is 4.98 Å². The Morgan fingerprint density at radius 3 is 2.79 bits per heavy atom. The second kappa shape index (κ2) is 6.58. The third-order valence-corrected chi connectivity index (χ3v) is 8.41. The molecule has 0 amide bonds.